The van der Waals surface area contributed by atoms with E-state index >= 15 is 0 Å². The van der Waals surface area contributed by atoms with E-state index in [1.807, 2.05) is 12.1 Å². The summed E-state index contributed by atoms with van der Waals surface area (Å²) < 4.78 is 9.26. The summed E-state index contributed by atoms with van der Waals surface area (Å²) in [6, 6.07) is 100.0. The Bertz CT molecular complexity index is 6750. The zero-order valence-corrected chi connectivity index (χ0v) is 51.5. The van der Waals surface area contributed by atoms with Gasteiger partial charge < -0.3 is 0 Å². The molecular formula is C85H52N10. The van der Waals surface area contributed by atoms with Crippen LogP contribution < -0.4 is 0 Å². The first-order chi connectivity index (χ1) is 46.9. The Kier molecular flexibility index (Phi) is 10.5. The summed E-state index contributed by atoms with van der Waals surface area (Å²) in [5.74, 6) is 2.01. The van der Waals surface area contributed by atoms with Crippen molar-refractivity contribution in [1.29, 1.82) is 0 Å². The van der Waals surface area contributed by atoms with Gasteiger partial charge in [-0.05, 0) is 116 Å². The molecular weight excluding hydrogens is 1160 g/mol. The maximum Gasteiger partial charge on any atom is 0.237 e. The molecule has 21 rings (SSSR count). The van der Waals surface area contributed by atoms with Gasteiger partial charge >= 0.3 is 0 Å². The maximum absolute atomic E-state index is 5.62. The van der Waals surface area contributed by atoms with Crippen LogP contribution in [-0.2, 0) is 5.41 Å². The van der Waals surface area contributed by atoms with E-state index < -0.39 is 0 Å². The quantitative estimate of drug-likeness (QED) is 0.154. The molecule has 12 aromatic carbocycles. The molecule has 0 N–H and O–H groups in total. The minimum Gasteiger partial charge on any atom is -0.277 e. The van der Waals surface area contributed by atoms with Crippen LogP contribution in [0.15, 0.2) is 279 Å². The third-order valence-electron chi connectivity index (χ3n) is 20.3. The molecule has 20 aromatic rings. The summed E-state index contributed by atoms with van der Waals surface area (Å²) >= 11 is 0. The van der Waals surface area contributed by atoms with E-state index in [1.54, 1.807) is 0 Å². The summed E-state index contributed by atoms with van der Waals surface area (Å²) in [5.41, 5.74) is 23.3. The minimum atomic E-state index is -0.315. The lowest BCUT2D eigenvalue weighted by Gasteiger charge is -2.23. The Hall–Kier alpha value is -12.7. The predicted molar refractivity (Wildman–Crippen MR) is 388 cm³/mol. The standard InChI is InChI=1S/C85H52N10/c1-85(2)66-36-18-13-32-59(66)74-64(52-42-44-73-65(45-52)55-28-10-12-31-58(55)80-89-77-63-35-17-22-40-72(63)95(83(77)94(73)80)84-87-68-37-19-14-33-60(68)75(90-84)49-23-5-3-6-24-49)46-53(47-67(74)85)51-41-43-61-69(48-51)86-78(50-25-7-4-8-26-50)91-81(61)93-71-39-21-16-34-62(71)76-82(93)92-70-38-20-15-29-56(70)54-27-9-11-30-57(54)79(92)88-76/h3-48H,1-2H3. The van der Waals surface area contributed by atoms with Crippen molar-refractivity contribution in [2.45, 2.75) is 19.3 Å². The number of para-hydroxylation sites is 4. The zero-order chi connectivity index (χ0) is 62.4. The summed E-state index contributed by atoms with van der Waals surface area (Å²) in [5, 5.41) is 10.7. The maximum atomic E-state index is 5.62. The van der Waals surface area contributed by atoms with Crippen LogP contribution in [0, 0.1) is 0 Å². The van der Waals surface area contributed by atoms with Crippen LogP contribution in [-0.4, -0.2) is 47.8 Å². The number of rotatable bonds is 6. The molecule has 0 radical (unpaired) electrons. The van der Waals surface area contributed by atoms with E-state index in [1.165, 1.54) is 27.6 Å². The fourth-order valence-corrected chi connectivity index (χ4v) is 16.0. The number of pyridine rings is 2. The molecule has 0 fully saturated rings. The molecule has 442 valence electrons. The second-order valence-electron chi connectivity index (χ2n) is 25.8. The monoisotopic (exact) mass is 1210 g/mol. The number of hydrogen-bond acceptors (Lipinski definition) is 6. The average Bonchev–Trinajstić information content (AvgIpc) is 1.59. The molecule has 1 aliphatic rings. The van der Waals surface area contributed by atoms with E-state index in [4.69, 9.17) is 29.9 Å². The second-order valence-corrected chi connectivity index (χ2v) is 25.8. The van der Waals surface area contributed by atoms with Crippen LogP contribution in [0.1, 0.15) is 25.0 Å². The van der Waals surface area contributed by atoms with E-state index in [0.717, 1.165) is 160 Å². The third-order valence-corrected chi connectivity index (χ3v) is 20.3. The Morgan fingerprint density at radius 2 is 0.842 bits per heavy atom. The van der Waals surface area contributed by atoms with Crippen molar-refractivity contribution in [2.24, 2.45) is 0 Å². The molecule has 10 heteroatoms. The van der Waals surface area contributed by atoms with Crippen molar-refractivity contribution < 1.29 is 0 Å². The molecule has 1 aliphatic carbocycles. The summed E-state index contributed by atoms with van der Waals surface area (Å²) in [7, 11) is 0. The molecule has 95 heavy (non-hydrogen) atoms. The van der Waals surface area contributed by atoms with Crippen molar-refractivity contribution in [3.05, 3.63) is 290 Å². The first-order valence-electron chi connectivity index (χ1n) is 32.4. The van der Waals surface area contributed by atoms with Gasteiger partial charge in [0.1, 0.15) is 22.3 Å². The van der Waals surface area contributed by atoms with Crippen LogP contribution in [0.5, 0.6) is 0 Å². The van der Waals surface area contributed by atoms with Gasteiger partial charge in [-0.2, -0.15) is 0 Å². The normalized spacial score (nSPS) is 13.0. The summed E-state index contributed by atoms with van der Waals surface area (Å²) in [4.78, 5) is 33.2. The summed E-state index contributed by atoms with van der Waals surface area (Å²) in [6.07, 6.45) is 0. The lowest BCUT2D eigenvalue weighted by atomic mass is 9.80. The van der Waals surface area contributed by atoms with E-state index in [2.05, 4.69) is 299 Å². The van der Waals surface area contributed by atoms with Crippen LogP contribution in [0.4, 0.5) is 0 Å². The molecule has 0 bridgehead atoms. The van der Waals surface area contributed by atoms with Crippen molar-refractivity contribution in [3.8, 4) is 67.8 Å². The van der Waals surface area contributed by atoms with Gasteiger partial charge in [0.15, 0.2) is 22.9 Å². The van der Waals surface area contributed by atoms with Gasteiger partial charge in [0.25, 0.3) is 0 Å². The number of benzene rings is 12. The molecule has 0 amide bonds. The smallest absolute Gasteiger partial charge is 0.237 e. The van der Waals surface area contributed by atoms with Gasteiger partial charge in [-0.25, -0.2) is 29.9 Å². The fourth-order valence-electron chi connectivity index (χ4n) is 16.0. The van der Waals surface area contributed by atoms with Gasteiger partial charge in [-0.15, -0.1) is 0 Å². The highest BCUT2D eigenvalue weighted by molar-refractivity contribution is 6.19. The van der Waals surface area contributed by atoms with Crippen molar-refractivity contribution in [1.82, 2.24) is 47.8 Å². The van der Waals surface area contributed by atoms with Gasteiger partial charge in [0.05, 0.1) is 38.8 Å². The number of hydrogen-bond donors (Lipinski definition) is 0. The lowest BCUT2D eigenvalue weighted by molar-refractivity contribution is 0.660. The molecule has 8 aromatic heterocycles. The highest BCUT2D eigenvalue weighted by Gasteiger charge is 2.38. The van der Waals surface area contributed by atoms with Gasteiger partial charge in [-0.1, -0.05) is 232 Å². The van der Waals surface area contributed by atoms with E-state index in [-0.39, 0.29) is 5.41 Å². The summed E-state index contributed by atoms with van der Waals surface area (Å²) in [6.45, 7) is 4.75. The highest BCUT2D eigenvalue weighted by atomic mass is 15.2. The molecule has 0 saturated carbocycles. The minimum absolute atomic E-state index is 0.315. The van der Waals surface area contributed by atoms with E-state index in [9.17, 15) is 0 Å². The Morgan fingerprint density at radius 1 is 0.295 bits per heavy atom. The van der Waals surface area contributed by atoms with Crippen LogP contribution in [0.2, 0.25) is 0 Å². The first kappa shape index (κ1) is 52.0. The Morgan fingerprint density at radius 3 is 1.56 bits per heavy atom. The molecule has 10 nitrogen and oxygen atoms in total. The Balaban J connectivity index is 0.807. The number of aromatic nitrogens is 10. The second kappa shape index (κ2) is 19.2. The number of nitrogens with zero attached hydrogens (tertiary/aromatic N) is 10. The molecule has 8 heterocycles. The van der Waals surface area contributed by atoms with E-state index in [0.29, 0.717) is 11.8 Å². The van der Waals surface area contributed by atoms with Crippen molar-refractivity contribution in [3.63, 3.8) is 0 Å². The fraction of sp³-hybridized carbons (Fsp3) is 0.0353. The van der Waals surface area contributed by atoms with Crippen LogP contribution in [0.3, 0.4) is 0 Å². The zero-order valence-electron chi connectivity index (χ0n) is 51.5. The Labute approximate surface area is 542 Å². The SMILES string of the molecule is CC1(C)c2ccccc2-c2c(-c3ccc4c(c3)c3ccccc3c3nc5c6ccccc6n(-c6nc(-c7ccccc7)c7ccccc7n6)c5n43)cc(-c3ccc4c(-n5c6ccccc6c6nc7c8ccccc8c8ccccc8n7c65)nc(-c5ccccc5)nc4c3)cc21. The van der Waals surface area contributed by atoms with Crippen molar-refractivity contribution in [2.75, 3.05) is 0 Å². The van der Waals surface area contributed by atoms with Gasteiger partial charge in [0, 0.05) is 59.6 Å². The molecule has 0 atom stereocenters. The lowest BCUT2D eigenvalue weighted by Crippen LogP contribution is -2.15. The van der Waals surface area contributed by atoms with Crippen LogP contribution >= 0.6 is 0 Å². The molecule has 0 saturated heterocycles. The van der Waals surface area contributed by atoms with Crippen molar-refractivity contribution >= 4 is 121 Å². The molecule has 0 unspecified atom stereocenters. The topological polar surface area (TPSA) is 96.0 Å². The molecule has 0 spiro atoms. The first-order valence-corrected chi connectivity index (χ1v) is 32.4. The molecule has 0 aliphatic heterocycles. The van der Waals surface area contributed by atoms with Gasteiger partial charge in [-0.3, -0.25) is 17.9 Å². The number of fused-ring (bicyclic) bond motifs is 25. The average molecular weight is 1210 g/mol. The number of imidazole rings is 2. The highest BCUT2D eigenvalue weighted by Crippen LogP contribution is 2.54. The van der Waals surface area contributed by atoms with Crippen LogP contribution in [0.25, 0.3) is 188 Å². The predicted octanol–water partition coefficient (Wildman–Crippen LogP) is 20.6. The third kappa shape index (κ3) is 7.22. The van der Waals surface area contributed by atoms with Gasteiger partial charge in [0.2, 0.25) is 5.95 Å². The largest absolute Gasteiger partial charge is 0.277 e.